The van der Waals surface area contributed by atoms with Gasteiger partial charge >= 0.3 is 0 Å². The van der Waals surface area contributed by atoms with Gasteiger partial charge < -0.3 is 10.8 Å². The summed E-state index contributed by atoms with van der Waals surface area (Å²) in [4.78, 5) is 0.241. The van der Waals surface area contributed by atoms with Crippen molar-refractivity contribution in [3.05, 3.63) is 23.8 Å². The van der Waals surface area contributed by atoms with Crippen LogP contribution in [0.15, 0.2) is 23.1 Å². The number of nitrogen functional groups attached to an aromatic ring is 1. The normalized spacial score (nSPS) is 17.7. The van der Waals surface area contributed by atoms with E-state index < -0.39 is 10.0 Å². The van der Waals surface area contributed by atoms with Gasteiger partial charge in [-0.1, -0.05) is 0 Å². The Morgan fingerprint density at radius 3 is 2.61 bits per heavy atom. The molecular formula is C12H18N2O3S. The van der Waals surface area contributed by atoms with Gasteiger partial charge in [0.05, 0.1) is 4.90 Å². The monoisotopic (exact) mass is 270 g/mol. The highest BCUT2D eigenvalue weighted by Crippen LogP contribution is 2.44. The molecule has 1 fully saturated rings. The van der Waals surface area contributed by atoms with Gasteiger partial charge in [0.25, 0.3) is 0 Å². The molecule has 0 saturated heterocycles. The van der Waals surface area contributed by atoms with E-state index in [1.165, 1.54) is 6.07 Å². The van der Waals surface area contributed by atoms with Crippen LogP contribution in [-0.2, 0) is 10.0 Å². The lowest BCUT2D eigenvalue weighted by Crippen LogP contribution is -2.32. The SMILES string of the molecule is Cc1cc(N)ccc1S(=O)(=O)NCC1(CO)CC1. The van der Waals surface area contributed by atoms with Crippen molar-refractivity contribution >= 4 is 15.7 Å². The van der Waals surface area contributed by atoms with Crippen molar-refractivity contribution in [1.82, 2.24) is 4.72 Å². The number of aryl methyl sites for hydroxylation is 1. The number of aliphatic hydroxyl groups excluding tert-OH is 1. The fraction of sp³-hybridized carbons (Fsp3) is 0.500. The van der Waals surface area contributed by atoms with E-state index in [4.69, 9.17) is 10.8 Å². The van der Waals surface area contributed by atoms with E-state index in [2.05, 4.69) is 4.72 Å². The summed E-state index contributed by atoms with van der Waals surface area (Å²) < 4.78 is 26.8. The summed E-state index contributed by atoms with van der Waals surface area (Å²) >= 11 is 0. The largest absolute Gasteiger partial charge is 0.399 e. The van der Waals surface area contributed by atoms with Gasteiger partial charge in [0.1, 0.15) is 0 Å². The Morgan fingerprint density at radius 1 is 1.44 bits per heavy atom. The molecule has 1 saturated carbocycles. The Balaban J connectivity index is 2.15. The molecule has 18 heavy (non-hydrogen) atoms. The standard InChI is InChI=1S/C12H18N2O3S/c1-9-6-10(13)2-3-11(9)18(16,17)14-7-12(8-15)4-5-12/h2-3,6,14-15H,4-5,7-8,13H2,1H3. The average Bonchev–Trinajstić information content (AvgIpc) is 3.07. The second-order valence-electron chi connectivity index (χ2n) is 5.01. The highest BCUT2D eigenvalue weighted by Gasteiger charge is 2.42. The Hall–Kier alpha value is -1.11. The van der Waals surface area contributed by atoms with E-state index >= 15 is 0 Å². The van der Waals surface area contributed by atoms with E-state index in [-0.39, 0.29) is 23.5 Å². The zero-order chi connectivity index (χ0) is 13.4. The average molecular weight is 270 g/mol. The van der Waals surface area contributed by atoms with Crippen molar-refractivity contribution in [2.45, 2.75) is 24.7 Å². The molecule has 0 radical (unpaired) electrons. The summed E-state index contributed by atoms with van der Waals surface area (Å²) in [6, 6.07) is 4.71. The van der Waals surface area contributed by atoms with Crippen molar-refractivity contribution in [2.24, 2.45) is 5.41 Å². The fourth-order valence-electron chi connectivity index (χ4n) is 1.87. The summed E-state index contributed by atoms with van der Waals surface area (Å²) in [5.74, 6) is 0. The molecule has 0 aliphatic heterocycles. The van der Waals surface area contributed by atoms with Crippen LogP contribution >= 0.6 is 0 Å². The number of anilines is 1. The molecule has 0 amide bonds. The second kappa shape index (κ2) is 4.53. The van der Waals surface area contributed by atoms with E-state index in [1.54, 1.807) is 19.1 Å². The van der Waals surface area contributed by atoms with Gasteiger partial charge in [-0.25, -0.2) is 13.1 Å². The topological polar surface area (TPSA) is 92.4 Å². The van der Waals surface area contributed by atoms with Crippen molar-refractivity contribution in [3.8, 4) is 0 Å². The van der Waals surface area contributed by atoms with Crippen LogP contribution < -0.4 is 10.5 Å². The van der Waals surface area contributed by atoms with Crippen LogP contribution in [0.25, 0.3) is 0 Å². The number of hydrogen-bond acceptors (Lipinski definition) is 4. The molecule has 1 aromatic carbocycles. The Morgan fingerprint density at radius 2 is 2.11 bits per heavy atom. The molecule has 5 nitrogen and oxygen atoms in total. The lowest BCUT2D eigenvalue weighted by molar-refractivity contribution is 0.213. The maximum Gasteiger partial charge on any atom is 0.240 e. The minimum atomic E-state index is -3.53. The smallest absolute Gasteiger partial charge is 0.240 e. The molecule has 0 unspecified atom stereocenters. The summed E-state index contributed by atoms with van der Waals surface area (Å²) in [7, 11) is -3.53. The maximum atomic E-state index is 12.1. The van der Waals surface area contributed by atoms with Gasteiger partial charge in [-0.2, -0.15) is 0 Å². The number of sulfonamides is 1. The van der Waals surface area contributed by atoms with Gasteiger partial charge in [0.15, 0.2) is 0 Å². The number of nitrogens with one attached hydrogen (secondary N) is 1. The zero-order valence-corrected chi connectivity index (χ0v) is 11.1. The predicted octanol–water partition coefficient (Wildman–Crippen LogP) is 0.628. The minimum Gasteiger partial charge on any atom is -0.399 e. The van der Waals surface area contributed by atoms with Crippen molar-refractivity contribution in [2.75, 3.05) is 18.9 Å². The first-order valence-corrected chi connectivity index (χ1v) is 7.34. The fourth-order valence-corrected chi connectivity index (χ4v) is 3.25. The molecule has 4 N–H and O–H groups in total. The molecule has 100 valence electrons. The van der Waals surface area contributed by atoms with Crippen LogP contribution in [0.3, 0.4) is 0 Å². The maximum absolute atomic E-state index is 12.1. The van der Waals surface area contributed by atoms with Gasteiger partial charge in [-0.15, -0.1) is 0 Å². The van der Waals surface area contributed by atoms with Crippen LogP contribution in [0, 0.1) is 12.3 Å². The molecule has 6 heteroatoms. The minimum absolute atomic E-state index is 0.0240. The summed E-state index contributed by atoms with van der Waals surface area (Å²) in [6.07, 6.45) is 1.74. The molecule has 0 heterocycles. The molecule has 1 aliphatic carbocycles. The molecule has 2 rings (SSSR count). The molecule has 0 atom stereocenters. The summed E-state index contributed by atoms with van der Waals surface area (Å²) in [5, 5.41) is 9.16. The second-order valence-corrected chi connectivity index (χ2v) is 6.74. The van der Waals surface area contributed by atoms with Crippen molar-refractivity contribution in [3.63, 3.8) is 0 Å². The lowest BCUT2D eigenvalue weighted by Gasteiger charge is -2.14. The third kappa shape index (κ3) is 2.66. The van der Waals surface area contributed by atoms with E-state index in [1.807, 2.05) is 0 Å². The van der Waals surface area contributed by atoms with E-state index in [9.17, 15) is 8.42 Å². The molecule has 0 spiro atoms. The third-order valence-electron chi connectivity index (χ3n) is 3.42. The van der Waals surface area contributed by atoms with Gasteiger partial charge in [0, 0.05) is 24.3 Å². The number of benzene rings is 1. The molecule has 1 aliphatic rings. The van der Waals surface area contributed by atoms with Crippen LogP contribution in [0.4, 0.5) is 5.69 Å². The predicted molar refractivity (Wildman–Crippen MR) is 69.5 cm³/mol. The first-order chi connectivity index (χ1) is 8.38. The van der Waals surface area contributed by atoms with Crippen LogP contribution in [-0.4, -0.2) is 26.7 Å². The van der Waals surface area contributed by atoms with E-state index in [0.717, 1.165) is 12.8 Å². The third-order valence-corrected chi connectivity index (χ3v) is 4.98. The summed E-state index contributed by atoms with van der Waals surface area (Å²) in [5.41, 5.74) is 6.52. The van der Waals surface area contributed by atoms with Gasteiger partial charge in [0.2, 0.25) is 10.0 Å². The quantitative estimate of drug-likeness (QED) is 0.684. The molecule has 0 bridgehead atoms. The molecular weight excluding hydrogens is 252 g/mol. The lowest BCUT2D eigenvalue weighted by atomic mass is 10.1. The Labute approximate surface area is 107 Å². The molecule has 1 aromatic rings. The van der Waals surface area contributed by atoms with Crippen molar-refractivity contribution in [1.29, 1.82) is 0 Å². The highest BCUT2D eigenvalue weighted by molar-refractivity contribution is 7.89. The number of rotatable bonds is 5. The Bertz CT molecular complexity index is 550. The molecule has 0 aromatic heterocycles. The van der Waals surface area contributed by atoms with Crippen LogP contribution in [0.2, 0.25) is 0 Å². The number of hydrogen-bond donors (Lipinski definition) is 3. The van der Waals surface area contributed by atoms with Gasteiger partial charge in [-0.05, 0) is 43.5 Å². The first kappa shape index (κ1) is 13.3. The first-order valence-electron chi connectivity index (χ1n) is 5.85. The van der Waals surface area contributed by atoms with Crippen LogP contribution in [0.5, 0.6) is 0 Å². The number of aliphatic hydroxyl groups is 1. The van der Waals surface area contributed by atoms with Crippen LogP contribution in [0.1, 0.15) is 18.4 Å². The zero-order valence-electron chi connectivity index (χ0n) is 10.3. The number of nitrogens with two attached hydrogens (primary N) is 1. The summed E-state index contributed by atoms with van der Waals surface area (Å²) in [6.45, 7) is 2.02. The van der Waals surface area contributed by atoms with Gasteiger partial charge in [-0.3, -0.25) is 0 Å². The highest BCUT2D eigenvalue weighted by atomic mass is 32.2. The van der Waals surface area contributed by atoms with Crippen molar-refractivity contribution < 1.29 is 13.5 Å². The van der Waals surface area contributed by atoms with E-state index in [0.29, 0.717) is 11.3 Å². The Kier molecular flexibility index (Phi) is 3.35.